The zero-order valence-electron chi connectivity index (χ0n) is 23.3. The van der Waals surface area contributed by atoms with Crippen LogP contribution in [0.3, 0.4) is 0 Å². The number of benzene rings is 3. The largest absolute Gasteiger partial charge is 0.496 e. The minimum atomic E-state index is -0.617. The van der Waals surface area contributed by atoms with Crippen LogP contribution in [0.4, 0.5) is 5.69 Å². The SMILES string of the molecule is COc1cccc2oc(-c3nc4ccccc4c(=O)n3N=Cc3cc(Br)cc([N+](=O)[O-])c3OCC(=O)N3CCOCC3)cc12. The molecule has 1 amide bonds. The number of halogens is 1. The molecule has 1 aliphatic heterocycles. The minimum absolute atomic E-state index is 0.0951. The molecule has 0 aliphatic carbocycles. The van der Waals surface area contributed by atoms with E-state index in [9.17, 15) is 19.7 Å². The van der Waals surface area contributed by atoms with Gasteiger partial charge in [0.2, 0.25) is 11.6 Å². The van der Waals surface area contributed by atoms with Crippen LogP contribution in [-0.2, 0) is 9.53 Å². The molecule has 1 saturated heterocycles. The van der Waals surface area contributed by atoms with Crippen molar-refractivity contribution in [2.24, 2.45) is 5.10 Å². The summed E-state index contributed by atoms with van der Waals surface area (Å²) in [7, 11) is 1.54. The van der Waals surface area contributed by atoms with Gasteiger partial charge in [-0.1, -0.05) is 34.1 Å². The molecule has 44 heavy (non-hydrogen) atoms. The molecule has 2 aromatic heterocycles. The van der Waals surface area contributed by atoms with Crippen molar-refractivity contribution in [3.05, 3.63) is 91.2 Å². The summed E-state index contributed by atoms with van der Waals surface area (Å²) in [6.45, 7) is 1.15. The number of hydrogen-bond donors (Lipinski definition) is 0. The smallest absolute Gasteiger partial charge is 0.312 e. The maximum absolute atomic E-state index is 13.7. The molecule has 0 unspecified atom stereocenters. The summed E-state index contributed by atoms with van der Waals surface area (Å²) in [5, 5.41) is 17.4. The van der Waals surface area contributed by atoms with E-state index < -0.39 is 17.1 Å². The van der Waals surface area contributed by atoms with Crippen molar-refractivity contribution >= 4 is 55.6 Å². The van der Waals surface area contributed by atoms with Gasteiger partial charge in [-0.2, -0.15) is 9.78 Å². The molecule has 1 fully saturated rings. The fraction of sp³-hybridized carbons (Fsp3) is 0.200. The number of para-hydroxylation sites is 1. The predicted octanol–water partition coefficient (Wildman–Crippen LogP) is 4.61. The first kappa shape index (κ1) is 29.0. The molecule has 5 aromatic rings. The highest BCUT2D eigenvalue weighted by molar-refractivity contribution is 9.10. The summed E-state index contributed by atoms with van der Waals surface area (Å²) < 4.78 is 24.0. The molecule has 0 atom stereocenters. The highest BCUT2D eigenvalue weighted by atomic mass is 79.9. The topological polar surface area (TPSA) is 152 Å². The monoisotopic (exact) mass is 661 g/mol. The summed E-state index contributed by atoms with van der Waals surface area (Å²) in [5.41, 5.74) is 0.210. The Morgan fingerprint density at radius 1 is 1.14 bits per heavy atom. The number of carbonyl (C=O) groups is 1. The van der Waals surface area contributed by atoms with Gasteiger partial charge >= 0.3 is 5.69 Å². The lowest BCUT2D eigenvalue weighted by molar-refractivity contribution is -0.385. The van der Waals surface area contributed by atoms with Crippen molar-refractivity contribution in [1.29, 1.82) is 0 Å². The zero-order valence-corrected chi connectivity index (χ0v) is 24.9. The molecule has 1 aliphatic rings. The Morgan fingerprint density at radius 2 is 1.93 bits per heavy atom. The van der Waals surface area contributed by atoms with E-state index in [1.807, 2.05) is 0 Å². The Bertz CT molecular complexity index is 2000. The normalized spacial score (nSPS) is 13.5. The van der Waals surface area contributed by atoms with Gasteiger partial charge in [-0.15, -0.1) is 0 Å². The summed E-state index contributed by atoms with van der Waals surface area (Å²) in [6.07, 6.45) is 1.25. The lowest BCUT2D eigenvalue weighted by Gasteiger charge is -2.26. The summed E-state index contributed by atoms with van der Waals surface area (Å²) in [5.74, 6) is 0.395. The molecule has 0 saturated carbocycles. The van der Waals surface area contributed by atoms with E-state index in [0.29, 0.717) is 58.4 Å². The molecular formula is C30H24BrN5O8. The van der Waals surface area contributed by atoms with Crippen LogP contribution < -0.4 is 15.0 Å². The number of nitrogens with zero attached hydrogens (tertiary/aromatic N) is 5. The van der Waals surface area contributed by atoms with E-state index in [1.165, 1.54) is 18.3 Å². The maximum atomic E-state index is 13.7. The third kappa shape index (κ3) is 5.64. The number of nitro groups is 1. The Kier molecular flexibility index (Phi) is 8.09. The van der Waals surface area contributed by atoms with Crippen molar-refractivity contribution in [2.45, 2.75) is 0 Å². The Balaban J connectivity index is 1.46. The first-order chi connectivity index (χ1) is 21.3. The number of hydrogen-bond acceptors (Lipinski definition) is 10. The molecule has 0 spiro atoms. The van der Waals surface area contributed by atoms with Gasteiger partial charge in [-0.3, -0.25) is 19.7 Å². The molecule has 6 rings (SSSR count). The van der Waals surface area contributed by atoms with Gasteiger partial charge in [-0.05, 0) is 36.4 Å². The van der Waals surface area contributed by atoms with E-state index in [4.69, 9.17) is 18.6 Å². The fourth-order valence-corrected chi connectivity index (χ4v) is 5.32. The van der Waals surface area contributed by atoms with E-state index in [-0.39, 0.29) is 34.5 Å². The second-order valence-electron chi connectivity index (χ2n) is 9.68. The molecule has 0 N–H and O–H groups in total. The van der Waals surface area contributed by atoms with Gasteiger partial charge in [0.1, 0.15) is 11.3 Å². The van der Waals surface area contributed by atoms with Crippen molar-refractivity contribution in [1.82, 2.24) is 14.6 Å². The van der Waals surface area contributed by atoms with E-state index in [0.717, 1.165) is 4.68 Å². The van der Waals surface area contributed by atoms with Crippen molar-refractivity contribution < 1.29 is 28.3 Å². The van der Waals surface area contributed by atoms with Crippen LogP contribution >= 0.6 is 15.9 Å². The van der Waals surface area contributed by atoms with Gasteiger partial charge < -0.3 is 23.5 Å². The number of morpholine rings is 1. The van der Waals surface area contributed by atoms with Crippen molar-refractivity contribution in [2.75, 3.05) is 40.0 Å². The quantitative estimate of drug-likeness (QED) is 0.132. The number of ether oxygens (including phenoxy) is 3. The van der Waals surface area contributed by atoms with E-state index in [2.05, 4.69) is 26.0 Å². The van der Waals surface area contributed by atoms with Crippen molar-refractivity contribution in [3.8, 4) is 23.1 Å². The Labute approximate surface area is 257 Å². The van der Waals surface area contributed by atoms with Gasteiger partial charge in [0.25, 0.3) is 11.5 Å². The predicted molar refractivity (Wildman–Crippen MR) is 164 cm³/mol. The van der Waals surface area contributed by atoms with E-state index in [1.54, 1.807) is 60.5 Å². The van der Waals surface area contributed by atoms with Crippen molar-refractivity contribution in [3.63, 3.8) is 0 Å². The average Bonchev–Trinajstić information content (AvgIpc) is 3.48. The van der Waals surface area contributed by atoms with Gasteiger partial charge in [0, 0.05) is 29.2 Å². The van der Waals surface area contributed by atoms with Crippen LogP contribution in [0.5, 0.6) is 11.5 Å². The van der Waals surface area contributed by atoms with Crippen LogP contribution in [0.2, 0.25) is 0 Å². The molecule has 3 aromatic carbocycles. The lowest BCUT2D eigenvalue weighted by Crippen LogP contribution is -2.43. The number of fused-ring (bicyclic) bond motifs is 2. The number of amides is 1. The number of methoxy groups -OCH3 is 1. The van der Waals surface area contributed by atoms with E-state index >= 15 is 0 Å². The summed E-state index contributed by atoms with van der Waals surface area (Å²) in [4.78, 5) is 44.1. The second kappa shape index (κ2) is 12.3. The third-order valence-electron chi connectivity index (χ3n) is 6.99. The van der Waals surface area contributed by atoms with Gasteiger partial charge in [0.15, 0.2) is 12.4 Å². The first-order valence-corrected chi connectivity index (χ1v) is 14.2. The highest BCUT2D eigenvalue weighted by Crippen LogP contribution is 2.35. The second-order valence-corrected chi connectivity index (χ2v) is 10.6. The summed E-state index contributed by atoms with van der Waals surface area (Å²) in [6, 6.07) is 16.6. The third-order valence-corrected chi connectivity index (χ3v) is 7.45. The van der Waals surface area contributed by atoms with Crippen LogP contribution in [-0.4, -0.2) is 71.6 Å². The molecule has 224 valence electrons. The molecule has 13 nitrogen and oxygen atoms in total. The Morgan fingerprint density at radius 3 is 2.70 bits per heavy atom. The minimum Gasteiger partial charge on any atom is -0.496 e. The lowest BCUT2D eigenvalue weighted by atomic mass is 10.2. The number of furan rings is 1. The first-order valence-electron chi connectivity index (χ1n) is 13.4. The molecule has 0 radical (unpaired) electrons. The van der Waals surface area contributed by atoms with Gasteiger partial charge in [-0.25, -0.2) is 4.98 Å². The molecule has 14 heteroatoms. The molecular weight excluding hydrogens is 638 g/mol. The van der Waals surface area contributed by atoms with Crippen LogP contribution in [0.1, 0.15) is 5.56 Å². The number of aromatic nitrogens is 2. The fourth-order valence-electron chi connectivity index (χ4n) is 4.86. The highest BCUT2D eigenvalue weighted by Gasteiger charge is 2.24. The Hall–Kier alpha value is -5.08. The number of carbonyl (C=O) groups excluding carboxylic acids is 1. The number of rotatable bonds is 8. The van der Waals surface area contributed by atoms with Crippen LogP contribution in [0, 0.1) is 10.1 Å². The number of nitro benzene ring substituents is 1. The van der Waals surface area contributed by atoms with Gasteiger partial charge in [0.05, 0.1) is 47.8 Å². The standard InChI is InChI=1S/C30H24BrN5O8/c1-41-24-7-4-8-25-21(24)15-26(44-25)29-33-22-6-3-2-5-20(22)30(38)35(29)32-16-18-13-19(31)14-23(36(39)40)28(18)43-17-27(37)34-9-11-42-12-10-34/h2-8,13-16H,9-12,17H2,1H3. The molecule has 3 heterocycles. The maximum Gasteiger partial charge on any atom is 0.312 e. The average molecular weight is 662 g/mol. The van der Waals surface area contributed by atoms with Crippen LogP contribution in [0.25, 0.3) is 33.5 Å². The van der Waals surface area contributed by atoms with Crippen LogP contribution in [0.15, 0.2) is 79.4 Å². The molecule has 0 bridgehead atoms. The summed E-state index contributed by atoms with van der Waals surface area (Å²) >= 11 is 3.30. The zero-order chi connectivity index (χ0) is 30.8.